The van der Waals surface area contributed by atoms with Crippen molar-refractivity contribution in [1.29, 1.82) is 0 Å². The molecule has 5 rings (SSSR count). The molecule has 0 bridgehead atoms. The van der Waals surface area contributed by atoms with E-state index in [4.69, 9.17) is 28.5 Å². The predicted octanol–water partition coefficient (Wildman–Crippen LogP) is 3.84. The third-order valence-electron chi connectivity index (χ3n) is 6.81. The highest BCUT2D eigenvalue weighted by atomic mass is 28.3. The molecule has 4 heterocycles. The van der Waals surface area contributed by atoms with Crippen molar-refractivity contribution in [2.24, 2.45) is 0 Å². The number of hydrogen-bond acceptors (Lipinski definition) is 7. The third-order valence-corrected chi connectivity index (χ3v) is 9.08. The van der Waals surface area contributed by atoms with Crippen LogP contribution in [0, 0.1) is 0 Å². The molecule has 178 valence electrons. The van der Waals surface area contributed by atoms with Crippen molar-refractivity contribution in [2.45, 2.75) is 114 Å². The Kier molecular flexibility index (Phi) is 5.62. The smallest absolute Gasteiger partial charge is 0.190 e. The lowest BCUT2D eigenvalue weighted by Crippen LogP contribution is -2.60. The van der Waals surface area contributed by atoms with Gasteiger partial charge in [0, 0.05) is 6.54 Å². The number of benzene rings is 1. The summed E-state index contributed by atoms with van der Waals surface area (Å²) in [5, 5.41) is 2.12. The standard InChI is InChI=1S/C24H37NO6Si/c1-23(2)27-19-18(26-22-21(20(19)28-23)29-24(3,4)30-22)16-13-17(32(5,6)7)31-25(16)14-15-11-9-8-10-12-15/h8-12,16-22H,13-14H2,1-7H3/t16-,17+,18+,19-,20-,21+,22+/m0/s1. The zero-order valence-corrected chi connectivity index (χ0v) is 21.2. The van der Waals surface area contributed by atoms with E-state index in [1.165, 1.54) is 5.56 Å². The second kappa shape index (κ2) is 7.85. The Morgan fingerprint density at radius 1 is 0.844 bits per heavy atom. The monoisotopic (exact) mass is 463 g/mol. The SMILES string of the molecule is CC1(C)O[C@@H]2[C@H](O1)[C@H]1OC(C)(C)O[C@H]1O[C@@H]2[C@@H]1C[C@@H]([Si](C)(C)C)ON1Cc1ccccc1. The Bertz CT molecular complexity index is 828. The van der Waals surface area contributed by atoms with Crippen molar-refractivity contribution in [1.82, 2.24) is 5.06 Å². The zero-order chi connectivity index (χ0) is 22.9. The molecule has 4 saturated heterocycles. The normalized spacial score (nSPS) is 40.9. The Hall–Kier alpha value is -0.843. The molecule has 0 spiro atoms. The average Bonchev–Trinajstić information content (AvgIpc) is 3.33. The molecule has 0 radical (unpaired) electrons. The molecular formula is C24H37NO6Si. The van der Waals surface area contributed by atoms with Gasteiger partial charge in [-0.2, -0.15) is 5.06 Å². The third kappa shape index (κ3) is 4.32. The van der Waals surface area contributed by atoms with Crippen molar-refractivity contribution in [3.05, 3.63) is 35.9 Å². The highest BCUT2D eigenvalue weighted by Crippen LogP contribution is 2.47. The molecule has 7 nitrogen and oxygen atoms in total. The second-order valence-corrected chi connectivity index (χ2v) is 16.8. The minimum absolute atomic E-state index is 0.0326. The molecule has 1 aromatic carbocycles. The molecule has 0 aromatic heterocycles. The van der Waals surface area contributed by atoms with Gasteiger partial charge in [-0.25, -0.2) is 0 Å². The van der Waals surface area contributed by atoms with Gasteiger partial charge in [0.25, 0.3) is 0 Å². The lowest BCUT2D eigenvalue weighted by atomic mass is 9.92. The average molecular weight is 464 g/mol. The fraction of sp³-hybridized carbons (Fsp3) is 0.750. The minimum atomic E-state index is -1.55. The van der Waals surface area contributed by atoms with Crippen LogP contribution in [0.1, 0.15) is 39.7 Å². The maximum absolute atomic E-state index is 6.61. The summed E-state index contributed by atoms with van der Waals surface area (Å²) in [5.41, 5.74) is 1.42. The van der Waals surface area contributed by atoms with Crippen molar-refractivity contribution < 1.29 is 28.5 Å². The lowest BCUT2D eigenvalue weighted by Gasteiger charge is -2.41. The Morgan fingerprint density at radius 2 is 1.44 bits per heavy atom. The van der Waals surface area contributed by atoms with Gasteiger partial charge in [-0.1, -0.05) is 50.0 Å². The summed E-state index contributed by atoms with van der Waals surface area (Å²) in [6.45, 7) is 15.5. The van der Waals surface area contributed by atoms with Gasteiger partial charge in [0.05, 0.1) is 19.8 Å². The molecule has 8 heteroatoms. The molecule has 0 unspecified atom stereocenters. The first-order valence-corrected chi connectivity index (χ1v) is 15.3. The largest absolute Gasteiger partial charge is 0.342 e. The fourth-order valence-corrected chi connectivity index (χ4v) is 6.70. The summed E-state index contributed by atoms with van der Waals surface area (Å²) < 4.78 is 31.7. The lowest BCUT2D eigenvalue weighted by molar-refractivity contribution is -0.262. The highest BCUT2D eigenvalue weighted by molar-refractivity contribution is 6.77. The summed E-state index contributed by atoms with van der Waals surface area (Å²) in [6.07, 6.45) is -0.646. The van der Waals surface area contributed by atoms with Gasteiger partial charge in [0.2, 0.25) is 0 Å². The Labute approximate surface area is 192 Å². The molecule has 0 saturated carbocycles. The molecular weight excluding hydrogens is 426 g/mol. The van der Waals surface area contributed by atoms with Crippen LogP contribution >= 0.6 is 0 Å². The Balaban J connectivity index is 1.45. The molecule has 0 aliphatic carbocycles. The van der Waals surface area contributed by atoms with Crippen LogP contribution in [0.4, 0.5) is 0 Å². The summed E-state index contributed by atoms with van der Waals surface area (Å²) in [6, 6.07) is 10.5. The summed E-state index contributed by atoms with van der Waals surface area (Å²) in [7, 11) is -1.55. The van der Waals surface area contributed by atoms with E-state index in [0.717, 1.165) is 6.42 Å². The van der Waals surface area contributed by atoms with Crippen LogP contribution in [0.2, 0.25) is 19.6 Å². The van der Waals surface area contributed by atoms with Gasteiger partial charge >= 0.3 is 0 Å². The van der Waals surface area contributed by atoms with Gasteiger partial charge in [0.1, 0.15) is 24.4 Å². The van der Waals surface area contributed by atoms with Crippen LogP contribution < -0.4 is 0 Å². The fourth-order valence-electron chi connectivity index (χ4n) is 5.30. The molecule has 0 amide bonds. The number of ether oxygens (including phenoxy) is 5. The van der Waals surface area contributed by atoms with Crippen LogP contribution in [0.15, 0.2) is 30.3 Å². The molecule has 1 aromatic rings. The maximum atomic E-state index is 6.61. The van der Waals surface area contributed by atoms with E-state index in [9.17, 15) is 0 Å². The summed E-state index contributed by atoms with van der Waals surface area (Å²) >= 11 is 0. The van der Waals surface area contributed by atoms with Crippen molar-refractivity contribution in [3.8, 4) is 0 Å². The first-order valence-electron chi connectivity index (χ1n) is 11.8. The van der Waals surface area contributed by atoms with Gasteiger partial charge in [-0.15, -0.1) is 0 Å². The van der Waals surface area contributed by atoms with Gasteiger partial charge in [0.15, 0.2) is 17.9 Å². The first-order chi connectivity index (χ1) is 14.9. The van der Waals surface area contributed by atoms with Gasteiger partial charge in [-0.05, 0) is 39.7 Å². The highest BCUT2D eigenvalue weighted by Gasteiger charge is 2.63. The van der Waals surface area contributed by atoms with Crippen LogP contribution in [0.25, 0.3) is 0 Å². The van der Waals surface area contributed by atoms with Crippen molar-refractivity contribution in [2.75, 3.05) is 0 Å². The van der Waals surface area contributed by atoms with E-state index in [1.54, 1.807) is 0 Å². The molecule has 4 aliphatic rings. The first kappa shape index (κ1) is 22.9. The van der Waals surface area contributed by atoms with Crippen LogP contribution in [-0.2, 0) is 35.1 Å². The van der Waals surface area contributed by atoms with Crippen molar-refractivity contribution in [3.63, 3.8) is 0 Å². The number of hydrogen-bond donors (Lipinski definition) is 0. The zero-order valence-electron chi connectivity index (χ0n) is 20.2. The van der Waals surface area contributed by atoms with E-state index in [1.807, 2.05) is 33.8 Å². The van der Waals surface area contributed by atoms with E-state index in [-0.39, 0.29) is 36.2 Å². The molecule has 32 heavy (non-hydrogen) atoms. The molecule has 0 N–H and O–H groups in total. The molecule has 4 aliphatic heterocycles. The molecule has 4 fully saturated rings. The van der Waals surface area contributed by atoms with Gasteiger partial charge < -0.3 is 23.7 Å². The van der Waals surface area contributed by atoms with E-state index in [0.29, 0.717) is 6.54 Å². The topological polar surface area (TPSA) is 58.6 Å². The molecule has 7 atom stereocenters. The van der Waals surface area contributed by atoms with Crippen LogP contribution in [0.5, 0.6) is 0 Å². The summed E-state index contributed by atoms with van der Waals surface area (Å²) in [5.74, 6) is -1.43. The number of nitrogens with zero attached hydrogens (tertiary/aromatic N) is 1. The predicted molar refractivity (Wildman–Crippen MR) is 121 cm³/mol. The van der Waals surface area contributed by atoms with E-state index >= 15 is 0 Å². The van der Waals surface area contributed by atoms with E-state index < -0.39 is 25.9 Å². The van der Waals surface area contributed by atoms with E-state index in [2.05, 4.69) is 49.0 Å². The second-order valence-electron chi connectivity index (χ2n) is 11.5. The van der Waals surface area contributed by atoms with Crippen LogP contribution in [-0.4, -0.2) is 67.2 Å². The summed E-state index contributed by atoms with van der Waals surface area (Å²) in [4.78, 5) is 6.60. The van der Waals surface area contributed by atoms with Crippen LogP contribution in [0.3, 0.4) is 0 Å². The Morgan fingerprint density at radius 3 is 2.09 bits per heavy atom. The maximum Gasteiger partial charge on any atom is 0.190 e. The van der Waals surface area contributed by atoms with Gasteiger partial charge in [-0.3, -0.25) is 4.84 Å². The number of fused-ring (bicyclic) bond motifs is 3. The number of hydroxylamine groups is 2. The minimum Gasteiger partial charge on any atom is -0.342 e. The number of rotatable bonds is 4. The van der Waals surface area contributed by atoms with Crippen molar-refractivity contribution >= 4 is 8.07 Å². The quantitative estimate of drug-likeness (QED) is 0.629.